The monoisotopic (exact) mass is 450 g/mol. The lowest BCUT2D eigenvalue weighted by atomic mass is 9.86. The molecule has 0 spiro atoms. The summed E-state index contributed by atoms with van der Waals surface area (Å²) in [6, 6.07) is 14.4. The minimum atomic E-state index is -4.49. The van der Waals surface area contributed by atoms with Crippen molar-refractivity contribution in [3.8, 4) is 0 Å². The quantitative estimate of drug-likeness (QED) is 0.459. The van der Waals surface area contributed by atoms with Crippen molar-refractivity contribution in [1.82, 2.24) is 0 Å². The molecule has 2 atom stereocenters. The minimum absolute atomic E-state index is 0.0158. The number of halogens is 3. The topological polar surface area (TPSA) is 46.5 Å². The molecule has 0 amide bonds. The number of rotatable bonds is 7. The molecular formula is C24H25F3O3S. The molecule has 2 aromatic rings. The van der Waals surface area contributed by atoms with E-state index in [1.807, 2.05) is 30.3 Å². The summed E-state index contributed by atoms with van der Waals surface area (Å²) in [4.78, 5) is 12.7. The lowest BCUT2D eigenvalue weighted by Gasteiger charge is -2.33. The van der Waals surface area contributed by atoms with Crippen LogP contribution >= 0.6 is 11.8 Å². The van der Waals surface area contributed by atoms with Gasteiger partial charge in [-0.15, -0.1) is 11.8 Å². The van der Waals surface area contributed by atoms with Crippen LogP contribution in [0.4, 0.5) is 13.2 Å². The third kappa shape index (κ3) is 5.64. The molecule has 0 aliphatic carbocycles. The molecule has 0 bridgehead atoms. The van der Waals surface area contributed by atoms with Gasteiger partial charge in [-0.1, -0.05) is 68.8 Å². The first-order valence-electron chi connectivity index (χ1n) is 10.2. The van der Waals surface area contributed by atoms with Gasteiger partial charge >= 0.3 is 12.1 Å². The first-order chi connectivity index (χ1) is 14.7. The predicted octanol–water partition coefficient (Wildman–Crippen LogP) is 7.06. The highest BCUT2D eigenvalue weighted by molar-refractivity contribution is 8.03. The van der Waals surface area contributed by atoms with Gasteiger partial charge in [-0.2, -0.15) is 13.2 Å². The Morgan fingerprint density at radius 2 is 1.71 bits per heavy atom. The smallest absolute Gasteiger partial charge is 0.416 e. The molecule has 31 heavy (non-hydrogen) atoms. The van der Waals surface area contributed by atoms with Crippen LogP contribution in [0.15, 0.2) is 65.3 Å². The fraction of sp³-hybridized carbons (Fsp3) is 0.375. The van der Waals surface area contributed by atoms with Gasteiger partial charge in [0.25, 0.3) is 0 Å². The maximum atomic E-state index is 13.3. The number of carbonyl (C=O) groups is 1. The molecule has 2 unspecified atom stereocenters. The van der Waals surface area contributed by atoms with Gasteiger partial charge in [-0.25, -0.2) is 4.79 Å². The van der Waals surface area contributed by atoms with E-state index in [2.05, 4.69) is 13.8 Å². The van der Waals surface area contributed by atoms with Crippen molar-refractivity contribution in [2.45, 2.75) is 44.7 Å². The molecule has 0 saturated carbocycles. The molecule has 7 heteroatoms. The minimum Gasteiger partial charge on any atom is -0.510 e. The maximum absolute atomic E-state index is 13.3. The first-order valence-corrected chi connectivity index (χ1v) is 11.1. The van der Waals surface area contributed by atoms with Crippen LogP contribution in [-0.4, -0.2) is 11.1 Å². The second-order valence-corrected chi connectivity index (χ2v) is 8.96. The third-order valence-corrected chi connectivity index (χ3v) is 6.37. The normalized spacial score (nSPS) is 19.6. The van der Waals surface area contributed by atoms with Gasteiger partial charge in [0.05, 0.1) is 11.5 Å². The van der Waals surface area contributed by atoms with E-state index in [0.29, 0.717) is 12.3 Å². The molecule has 1 heterocycles. The Labute approximate surface area is 184 Å². The van der Waals surface area contributed by atoms with Crippen molar-refractivity contribution in [1.29, 1.82) is 0 Å². The lowest BCUT2D eigenvalue weighted by molar-refractivity contribution is -0.149. The highest BCUT2D eigenvalue weighted by Crippen LogP contribution is 2.44. The van der Waals surface area contributed by atoms with Crippen molar-refractivity contribution in [3.05, 3.63) is 82.0 Å². The van der Waals surface area contributed by atoms with E-state index in [4.69, 9.17) is 4.74 Å². The van der Waals surface area contributed by atoms with E-state index in [0.717, 1.165) is 29.8 Å². The Kier molecular flexibility index (Phi) is 7.36. The fourth-order valence-electron chi connectivity index (χ4n) is 3.62. The van der Waals surface area contributed by atoms with Gasteiger partial charge in [-0.3, -0.25) is 0 Å². The SMILES string of the molecule is CC(C)CCC1C(O)=C(SCc2ccccc2C(F)(F)F)C(=O)OC1c1ccccc1. The Morgan fingerprint density at radius 1 is 1.06 bits per heavy atom. The predicted molar refractivity (Wildman–Crippen MR) is 115 cm³/mol. The molecule has 0 fully saturated rings. The standard InChI is InChI=1S/C24H25F3O3S/c1-15(2)12-13-18-20(28)22(23(29)30-21(18)16-8-4-3-5-9-16)31-14-17-10-6-7-11-19(17)24(25,26)27/h3-11,15,18,21,28H,12-14H2,1-2H3. The summed E-state index contributed by atoms with van der Waals surface area (Å²) < 4.78 is 45.5. The number of aliphatic hydroxyl groups is 1. The molecule has 0 saturated heterocycles. The van der Waals surface area contributed by atoms with Crippen molar-refractivity contribution >= 4 is 17.7 Å². The van der Waals surface area contributed by atoms with Crippen LogP contribution in [0, 0.1) is 11.8 Å². The van der Waals surface area contributed by atoms with Crippen molar-refractivity contribution < 1.29 is 27.8 Å². The third-order valence-electron chi connectivity index (χ3n) is 5.25. The van der Waals surface area contributed by atoms with E-state index in [-0.39, 0.29) is 22.0 Å². The second-order valence-electron chi connectivity index (χ2n) is 7.97. The number of benzene rings is 2. The fourth-order valence-corrected chi connectivity index (χ4v) is 4.63. The maximum Gasteiger partial charge on any atom is 0.416 e. The van der Waals surface area contributed by atoms with Gasteiger partial charge in [0, 0.05) is 5.75 Å². The van der Waals surface area contributed by atoms with Gasteiger partial charge in [0.2, 0.25) is 0 Å². The summed E-state index contributed by atoms with van der Waals surface area (Å²) >= 11 is 0.887. The summed E-state index contributed by atoms with van der Waals surface area (Å²) in [5, 5.41) is 11.0. The molecule has 166 valence electrons. The summed E-state index contributed by atoms with van der Waals surface area (Å²) in [5.74, 6) is -0.960. The highest BCUT2D eigenvalue weighted by Gasteiger charge is 2.39. The molecule has 1 aliphatic heterocycles. The molecule has 1 N–H and O–H groups in total. The first kappa shape index (κ1) is 23.3. The van der Waals surface area contributed by atoms with E-state index in [9.17, 15) is 23.1 Å². The number of cyclic esters (lactones) is 1. The lowest BCUT2D eigenvalue weighted by Crippen LogP contribution is -2.29. The molecule has 0 radical (unpaired) electrons. The number of aliphatic hydroxyl groups excluding tert-OH is 1. The van der Waals surface area contributed by atoms with E-state index >= 15 is 0 Å². The van der Waals surface area contributed by atoms with E-state index in [1.54, 1.807) is 0 Å². The molecular weight excluding hydrogens is 425 g/mol. The van der Waals surface area contributed by atoms with Crippen LogP contribution in [0.2, 0.25) is 0 Å². The molecule has 3 nitrogen and oxygen atoms in total. The molecule has 0 aromatic heterocycles. The van der Waals surface area contributed by atoms with E-state index < -0.39 is 29.7 Å². The zero-order chi connectivity index (χ0) is 22.6. The number of carbonyl (C=O) groups excluding carboxylic acids is 1. The summed E-state index contributed by atoms with van der Waals surface area (Å²) in [6.45, 7) is 4.13. The van der Waals surface area contributed by atoms with Gasteiger partial charge in [0.1, 0.15) is 16.8 Å². The number of alkyl halides is 3. The molecule has 3 rings (SSSR count). The van der Waals surface area contributed by atoms with Gasteiger partial charge in [-0.05, 0) is 29.5 Å². The number of esters is 1. The number of ether oxygens (including phenoxy) is 1. The van der Waals surface area contributed by atoms with Crippen LogP contribution in [0.25, 0.3) is 0 Å². The number of thioether (sulfide) groups is 1. The zero-order valence-electron chi connectivity index (χ0n) is 17.4. The summed E-state index contributed by atoms with van der Waals surface area (Å²) in [6.07, 6.45) is -3.71. The average molecular weight is 451 g/mol. The number of hydrogen-bond donors (Lipinski definition) is 1. The summed E-state index contributed by atoms with van der Waals surface area (Å²) in [7, 11) is 0. The average Bonchev–Trinajstić information content (AvgIpc) is 2.72. The van der Waals surface area contributed by atoms with E-state index in [1.165, 1.54) is 18.2 Å². The molecule has 2 aromatic carbocycles. The molecule has 1 aliphatic rings. The Bertz CT molecular complexity index is 939. The van der Waals surface area contributed by atoms with Gasteiger partial charge < -0.3 is 9.84 Å². The van der Waals surface area contributed by atoms with Gasteiger partial charge in [0.15, 0.2) is 0 Å². The Hall–Kier alpha value is -2.41. The van der Waals surface area contributed by atoms with Crippen LogP contribution in [-0.2, 0) is 21.5 Å². The van der Waals surface area contributed by atoms with Crippen LogP contribution in [0.5, 0.6) is 0 Å². The van der Waals surface area contributed by atoms with Crippen LogP contribution in [0.3, 0.4) is 0 Å². The second kappa shape index (κ2) is 9.81. The Balaban J connectivity index is 1.89. The van der Waals surface area contributed by atoms with Crippen molar-refractivity contribution in [2.24, 2.45) is 11.8 Å². The zero-order valence-corrected chi connectivity index (χ0v) is 18.2. The van der Waals surface area contributed by atoms with Crippen molar-refractivity contribution in [2.75, 3.05) is 0 Å². The largest absolute Gasteiger partial charge is 0.510 e. The van der Waals surface area contributed by atoms with Crippen LogP contribution < -0.4 is 0 Å². The Morgan fingerprint density at radius 3 is 2.35 bits per heavy atom. The highest BCUT2D eigenvalue weighted by atomic mass is 32.2. The van der Waals surface area contributed by atoms with Crippen LogP contribution in [0.1, 0.15) is 49.5 Å². The van der Waals surface area contributed by atoms with Crippen molar-refractivity contribution in [3.63, 3.8) is 0 Å². The number of hydrogen-bond acceptors (Lipinski definition) is 4. The summed E-state index contributed by atoms with van der Waals surface area (Å²) in [5.41, 5.74) is 0.0879.